The normalized spacial score (nSPS) is 13.5. The Morgan fingerprint density at radius 2 is 1.74 bits per heavy atom. The van der Waals surface area contributed by atoms with Gasteiger partial charge in [-0.25, -0.2) is 4.79 Å². The van der Waals surface area contributed by atoms with Gasteiger partial charge >= 0.3 is 6.03 Å². The van der Waals surface area contributed by atoms with Crippen LogP contribution in [-0.2, 0) is 12.8 Å². The number of carbonyl (C=O) groups is 2. The van der Waals surface area contributed by atoms with Crippen molar-refractivity contribution < 1.29 is 14.1 Å². The molecule has 3 aromatic rings. The summed E-state index contributed by atoms with van der Waals surface area (Å²) in [5.41, 5.74) is 3.42. The summed E-state index contributed by atoms with van der Waals surface area (Å²) in [5, 5.41) is 6.93. The summed E-state index contributed by atoms with van der Waals surface area (Å²) in [6.45, 7) is 4.19. The zero-order chi connectivity index (χ0) is 23.9. The predicted molar refractivity (Wildman–Crippen MR) is 131 cm³/mol. The van der Waals surface area contributed by atoms with Gasteiger partial charge in [0, 0.05) is 49.9 Å². The number of urea groups is 1. The van der Waals surface area contributed by atoms with E-state index < -0.39 is 0 Å². The summed E-state index contributed by atoms with van der Waals surface area (Å²) < 4.78 is 5.40. The van der Waals surface area contributed by atoms with E-state index in [-0.39, 0.29) is 11.9 Å². The van der Waals surface area contributed by atoms with Gasteiger partial charge in [-0.05, 0) is 67.6 Å². The minimum Gasteiger partial charge on any atom is -0.339 e. The molecule has 3 amide bonds. The molecule has 0 atom stereocenters. The van der Waals surface area contributed by atoms with E-state index in [4.69, 9.17) is 4.52 Å². The SMILES string of the molecule is CCc1ccc(NC(=O)N(C)CCc2noc(-c3ccc(C(=O)N4CCCCC4)cc3)n2)cc1. The van der Waals surface area contributed by atoms with Crippen LogP contribution in [0.2, 0.25) is 0 Å². The van der Waals surface area contributed by atoms with Crippen molar-refractivity contribution in [3.63, 3.8) is 0 Å². The fraction of sp³-hybridized carbons (Fsp3) is 0.385. The van der Waals surface area contributed by atoms with Crippen LogP contribution in [0, 0.1) is 0 Å². The molecule has 0 spiro atoms. The third-order valence-corrected chi connectivity index (χ3v) is 6.12. The number of rotatable bonds is 7. The van der Waals surface area contributed by atoms with Crippen molar-refractivity contribution in [1.82, 2.24) is 19.9 Å². The summed E-state index contributed by atoms with van der Waals surface area (Å²) >= 11 is 0. The Bertz CT molecular complexity index is 1100. The second kappa shape index (κ2) is 11.0. The topological polar surface area (TPSA) is 91.6 Å². The highest BCUT2D eigenvalue weighted by atomic mass is 16.5. The number of anilines is 1. The number of benzene rings is 2. The first-order valence-electron chi connectivity index (χ1n) is 11.9. The van der Waals surface area contributed by atoms with Crippen molar-refractivity contribution in [3.8, 4) is 11.5 Å². The number of nitrogens with one attached hydrogen (secondary N) is 1. The lowest BCUT2D eigenvalue weighted by Gasteiger charge is -2.26. The maximum absolute atomic E-state index is 12.6. The summed E-state index contributed by atoms with van der Waals surface area (Å²) in [6.07, 6.45) is 4.75. The lowest BCUT2D eigenvalue weighted by Crippen LogP contribution is -2.35. The Kier molecular flexibility index (Phi) is 7.57. The maximum atomic E-state index is 12.6. The van der Waals surface area contributed by atoms with Gasteiger partial charge in [-0.2, -0.15) is 4.98 Å². The molecule has 1 fully saturated rings. The fourth-order valence-corrected chi connectivity index (χ4v) is 3.92. The van der Waals surface area contributed by atoms with Crippen molar-refractivity contribution in [1.29, 1.82) is 0 Å². The predicted octanol–water partition coefficient (Wildman–Crippen LogP) is 4.63. The minimum atomic E-state index is -0.193. The number of hydrogen-bond acceptors (Lipinski definition) is 5. The molecule has 0 radical (unpaired) electrons. The van der Waals surface area contributed by atoms with Gasteiger partial charge in [0.15, 0.2) is 5.82 Å². The average Bonchev–Trinajstić information content (AvgIpc) is 3.37. The van der Waals surface area contributed by atoms with Gasteiger partial charge in [0.05, 0.1) is 0 Å². The Morgan fingerprint density at radius 3 is 2.41 bits per heavy atom. The highest BCUT2D eigenvalue weighted by molar-refractivity contribution is 5.94. The molecule has 34 heavy (non-hydrogen) atoms. The number of aromatic nitrogens is 2. The highest BCUT2D eigenvalue weighted by Crippen LogP contribution is 2.20. The fourth-order valence-electron chi connectivity index (χ4n) is 3.92. The van der Waals surface area contributed by atoms with Crippen LogP contribution < -0.4 is 5.32 Å². The highest BCUT2D eigenvalue weighted by Gasteiger charge is 2.19. The number of carbonyl (C=O) groups excluding carboxylic acids is 2. The summed E-state index contributed by atoms with van der Waals surface area (Å²) in [4.78, 5) is 33.0. The number of likely N-dealkylation sites (tertiary alicyclic amines) is 1. The summed E-state index contributed by atoms with van der Waals surface area (Å²) in [5.74, 6) is 0.991. The molecule has 2 aromatic carbocycles. The second-order valence-corrected chi connectivity index (χ2v) is 8.60. The third-order valence-electron chi connectivity index (χ3n) is 6.12. The zero-order valence-corrected chi connectivity index (χ0v) is 19.8. The Morgan fingerprint density at radius 1 is 1.03 bits per heavy atom. The molecular weight excluding hydrogens is 430 g/mol. The van der Waals surface area contributed by atoms with Crippen molar-refractivity contribution >= 4 is 17.6 Å². The molecule has 0 aliphatic carbocycles. The van der Waals surface area contributed by atoms with E-state index in [0.29, 0.717) is 30.2 Å². The lowest BCUT2D eigenvalue weighted by atomic mass is 10.1. The molecule has 1 aliphatic rings. The van der Waals surface area contributed by atoms with E-state index in [0.717, 1.165) is 43.6 Å². The largest absolute Gasteiger partial charge is 0.339 e. The lowest BCUT2D eigenvalue weighted by molar-refractivity contribution is 0.0724. The number of hydrogen-bond donors (Lipinski definition) is 1. The second-order valence-electron chi connectivity index (χ2n) is 8.60. The van der Waals surface area contributed by atoms with Crippen LogP contribution in [0.3, 0.4) is 0 Å². The maximum Gasteiger partial charge on any atom is 0.321 e. The molecule has 178 valence electrons. The molecule has 8 nitrogen and oxygen atoms in total. The van der Waals surface area contributed by atoms with E-state index in [2.05, 4.69) is 22.4 Å². The molecule has 0 bridgehead atoms. The molecule has 1 aromatic heterocycles. The van der Waals surface area contributed by atoms with E-state index in [1.807, 2.05) is 41.3 Å². The molecule has 1 N–H and O–H groups in total. The number of amides is 3. The van der Waals surface area contributed by atoms with Crippen LogP contribution in [0.25, 0.3) is 11.5 Å². The molecular formula is C26H31N5O3. The number of piperidine rings is 1. The van der Waals surface area contributed by atoms with Gasteiger partial charge in [-0.3, -0.25) is 4.79 Å². The minimum absolute atomic E-state index is 0.0695. The van der Waals surface area contributed by atoms with E-state index >= 15 is 0 Å². The molecule has 0 saturated carbocycles. The molecule has 2 heterocycles. The van der Waals surface area contributed by atoms with Crippen LogP contribution in [0.15, 0.2) is 53.1 Å². The summed E-state index contributed by atoms with van der Waals surface area (Å²) in [6, 6.07) is 14.9. The average molecular weight is 462 g/mol. The molecule has 8 heteroatoms. The molecule has 0 unspecified atom stereocenters. The van der Waals surface area contributed by atoms with Gasteiger partial charge < -0.3 is 19.6 Å². The van der Waals surface area contributed by atoms with Crippen molar-refractivity contribution in [2.75, 3.05) is 32.0 Å². The van der Waals surface area contributed by atoms with Gasteiger partial charge in [0.1, 0.15) is 0 Å². The molecule has 1 aliphatic heterocycles. The van der Waals surface area contributed by atoms with Crippen LogP contribution in [-0.4, -0.2) is 58.6 Å². The first-order chi connectivity index (χ1) is 16.5. The Labute approximate surface area is 199 Å². The number of nitrogens with zero attached hydrogens (tertiary/aromatic N) is 4. The molecule has 4 rings (SSSR count). The van der Waals surface area contributed by atoms with Gasteiger partial charge in [-0.1, -0.05) is 24.2 Å². The van der Waals surface area contributed by atoms with Crippen LogP contribution in [0.1, 0.15) is 47.9 Å². The van der Waals surface area contributed by atoms with Crippen molar-refractivity contribution in [2.24, 2.45) is 0 Å². The van der Waals surface area contributed by atoms with Crippen LogP contribution in [0.4, 0.5) is 10.5 Å². The zero-order valence-electron chi connectivity index (χ0n) is 19.8. The monoisotopic (exact) mass is 461 g/mol. The van der Waals surface area contributed by atoms with Crippen LogP contribution in [0.5, 0.6) is 0 Å². The molecule has 1 saturated heterocycles. The van der Waals surface area contributed by atoms with Crippen LogP contribution >= 0.6 is 0 Å². The van der Waals surface area contributed by atoms with Gasteiger partial charge in [0.2, 0.25) is 0 Å². The Balaban J connectivity index is 1.29. The summed E-state index contributed by atoms with van der Waals surface area (Å²) in [7, 11) is 1.73. The van der Waals surface area contributed by atoms with Gasteiger partial charge in [-0.15, -0.1) is 0 Å². The number of aryl methyl sites for hydroxylation is 1. The quantitative estimate of drug-likeness (QED) is 0.554. The van der Waals surface area contributed by atoms with Crippen molar-refractivity contribution in [3.05, 3.63) is 65.5 Å². The Hall–Kier alpha value is -3.68. The van der Waals surface area contributed by atoms with Gasteiger partial charge in [0.25, 0.3) is 11.8 Å². The smallest absolute Gasteiger partial charge is 0.321 e. The first kappa shape index (κ1) is 23.5. The van der Waals surface area contributed by atoms with E-state index in [1.54, 1.807) is 24.1 Å². The van der Waals surface area contributed by atoms with E-state index in [9.17, 15) is 9.59 Å². The standard InChI is InChI=1S/C26H31N5O3/c1-3-19-7-13-22(14-8-19)27-26(33)30(2)18-15-23-28-24(34-29-23)20-9-11-21(12-10-20)25(32)31-16-5-4-6-17-31/h7-14H,3-6,15-18H2,1-2H3,(H,27,33). The third kappa shape index (κ3) is 5.81. The van der Waals surface area contributed by atoms with E-state index in [1.165, 1.54) is 12.0 Å². The first-order valence-corrected chi connectivity index (χ1v) is 11.9. The van der Waals surface area contributed by atoms with Crippen molar-refractivity contribution in [2.45, 2.75) is 39.0 Å². The number of likely N-dealkylation sites (N-methyl/N-ethyl adjacent to an activating group) is 1.